The third-order valence-electron chi connectivity index (χ3n) is 5.43. The summed E-state index contributed by atoms with van der Waals surface area (Å²) in [6.07, 6.45) is 4.18. The normalized spacial score (nSPS) is 22.6. The molecule has 1 aliphatic carbocycles. The zero-order valence-electron chi connectivity index (χ0n) is 15.3. The molecule has 2 N–H and O–H groups in total. The first kappa shape index (κ1) is 17.6. The second-order valence-corrected chi connectivity index (χ2v) is 7.36. The Morgan fingerprint density at radius 2 is 1.93 bits per heavy atom. The number of hydrogen-bond donors (Lipinski definition) is 2. The largest absolute Gasteiger partial charge is 0.456 e. The van der Waals surface area contributed by atoms with E-state index in [1.165, 1.54) is 4.90 Å². The number of amides is 3. The van der Waals surface area contributed by atoms with E-state index in [0.717, 1.165) is 36.8 Å². The molecule has 0 radical (unpaired) electrons. The molecule has 7 heteroatoms. The minimum Gasteiger partial charge on any atom is -0.456 e. The van der Waals surface area contributed by atoms with Gasteiger partial charge in [0.15, 0.2) is 0 Å². The van der Waals surface area contributed by atoms with Crippen molar-refractivity contribution in [1.82, 2.24) is 15.5 Å². The Balaban J connectivity index is 1.57. The van der Waals surface area contributed by atoms with E-state index in [2.05, 4.69) is 10.6 Å². The Morgan fingerprint density at radius 3 is 2.63 bits per heavy atom. The lowest BCUT2D eigenvalue weighted by atomic mass is 9.95. The molecule has 4 rings (SSSR count). The van der Waals surface area contributed by atoms with E-state index in [1.54, 1.807) is 0 Å². The molecule has 1 aromatic carbocycles. The standard InChI is InChI=1S/C20H23N3O4/c1-12-6-8-13(9-7-12)18-17-15(11-27-19(17)25)23(20(26)22-18)10-16(24)21-14-4-2-3-5-14/h6-9,14,18H,2-5,10-11H2,1H3,(H,21,24)(H,22,26). The fourth-order valence-corrected chi connectivity index (χ4v) is 3.97. The van der Waals surface area contributed by atoms with Crippen LogP contribution >= 0.6 is 0 Å². The maximum Gasteiger partial charge on any atom is 0.338 e. The number of nitrogens with zero attached hydrogens (tertiary/aromatic N) is 1. The minimum atomic E-state index is -0.558. The molecule has 3 amide bonds. The molecule has 1 atom stereocenters. The molecule has 2 aliphatic heterocycles. The first-order chi connectivity index (χ1) is 13.0. The van der Waals surface area contributed by atoms with E-state index in [-0.39, 0.29) is 31.1 Å². The molecule has 1 fully saturated rings. The van der Waals surface area contributed by atoms with Gasteiger partial charge in [-0.2, -0.15) is 0 Å². The van der Waals surface area contributed by atoms with Crippen LogP contribution in [0.25, 0.3) is 0 Å². The third kappa shape index (κ3) is 3.41. The number of nitrogens with one attached hydrogen (secondary N) is 2. The summed E-state index contributed by atoms with van der Waals surface area (Å²) < 4.78 is 5.19. The van der Waals surface area contributed by atoms with Gasteiger partial charge < -0.3 is 15.4 Å². The van der Waals surface area contributed by atoms with Gasteiger partial charge in [0.1, 0.15) is 13.2 Å². The second-order valence-electron chi connectivity index (χ2n) is 7.36. The molecular weight excluding hydrogens is 346 g/mol. The van der Waals surface area contributed by atoms with E-state index in [0.29, 0.717) is 11.3 Å². The Morgan fingerprint density at radius 1 is 1.22 bits per heavy atom. The van der Waals surface area contributed by atoms with E-state index >= 15 is 0 Å². The lowest BCUT2D eigenvalue weighted by Gasteiger charge is -2.32. The van der Waals surface area contributed by atoms with E-state index in [9.17, 15) is 14.4 Å². The van der Waals surface area contributed by atoms with Crippen LogP contribution in [-0.4, -0.2) is 42.0 Å². The van der Waals surface area contributed by atoms with Crippen LogP contribution in [0.5, 0.6) is 0 Å². The van der Waals surface area contributed by atoms with Crippen LogP contribution in [-0.2, 0) is 14.3 Å². The van der Waals surface area contributed by atoms with Gasteiger partial charge in [-0.15, -0.1) is 0 Å². The number of rotatable bonds is 4. The van der Waals surface area contributed by atoms with Crippen molar-refractivity contribution in [2.24, 2.45) is 0 Å². The SMILES string of the molecule is Cc1ccc(C2NC(=O)N(CC(=O)NC3CCCC3)C3=C2C(=O)OC3)cc1. The molecule has 7 nitrogen and oxygen atoms in total. The Hall–Kier alpha value is -2.83. The molecule has 1 saturated carbocycles. The van der Waals surface area contributed by atoms with Gasteiger partial charge in [-0.25, -0.2) is 9.59 Å². The summed E-state index contributed by atoms with van der Waals surface area (Å²) in [5.41, 5.74) is 2.80. The summed E-state index contributed by atoms with van der Waals surface area (Å²) >= 11 is 0. The number of cyclic esters (lactones) is 1. The van der Waals surface area contributed by atoms with Crippen molar-refractivity contribution in [2.75, 3.05) is 13.2 Å². The van der Waals surface area contributed by atoms with Gasteiger partial charge >= 0.3 is 12.0 Å². The predicted molar refractivity (Wildman–Crippen MR) is 97.5 cm³/mol. The molecule has 0 bridgehead atoms. The van der Waals surface area contributed by atoms with Crippen LogP contribution in [0.1, 0.15) is 42.9 Å². The molecular formula is C20H23N3O4. The Kier molecular flexibility index (Phi) is 4.59. The number of hydrogen-bond acceptors (Lipinski definition) is 4. The van der Waals surface area contributed by atoms with Crippen LogP contribution in [0.2, 0.25) is 0 Å². The maximum absolute atomic E-state index is 12.7. The van der Waals surface area contributed by atoms with Crippen LogP contribution < -0.4 is 10.6 Å². The molecule has 0 aromatic heterocycles. The van der Waals surface area contributed by atoms with Crippen molar-refractivity contribution in [1.29, 1.82) is 0 Å². The molecule has 0 saturated heterocycles. The molecule has 1 unspecified atom stereocenters. The molecule has 2 heterocycles. The van der Waals surface area contributed by atoms with Crippen molar-refractivity contribution >= 4 is 17.9 Å². The van der Waals surface area contributed by atoms with Gasteiger partial charge in [-0.1, -0.05) is 42.7 Å². The second kappa shape index (κ2) is 7.06. The lowest BCUT2D eigenvalue weighted by molar-refractivity contribution is -0.136. The number of benzene rings is 1. The van der Waals surface area contributed by atoms with E-state index in [1.807, 2.05) is 31.2 Å². The van der Waals surface area contributed by atoms with Crippen LogP contribution in [0, 0.1) is 6.92 Å². The van der Waals surface area contributed by atoms with Crippen molar-refractivity contribution in [3.63, 3.8) is 0 Å². The lowest BCUT2D eigenvalue weighted by Crippen LogP contribution is -2.51. The van der Waals surface area contributed by atoms with Crippen molar-refractivity contribution in [3.8, 4) is 0 Å². The summed E-state index contributed by atoms with van der Waals surface area (Å²) in [5.74, 6) is -0.659. The van der Waals surface area contributed by atoms with E-state index in [4.69, 9.17) is 4.74 Å². The maximum atomic E-state index is 12.7. The molecule has 1 aromatic rings. The summed E-state index contributed by atoms with van der Waals surface area (Å²) in [4.78, 5) is 38.7. The Labute approximate surface area is 157 Å². The number of carbonyl (C=O) groups excluding carboxylic acids is 3. The Bertz CT molecular complexity index is 809. The first-order valence-corrected chi connectivity index (χ1v) is 9.37. The molecule has 27 heavy (non-hydrogen) atoms. The van der Waals surface area contributed by atoms with Gasteiger partial charge in [0.05, 0.1) is 17.3 Å². The van der Waals surface area contributed by atoms with Crippen LogP contribution in [0.15, 0.2) is 35.5 Å². The van der Waals surface area contributed by atoms with Crippen LogP contribution in [0.3, 0.4) is 0 Å². The molecule has 142 valence electrons. The number of aryl methyl sites for hydroxylation is 1. The summed E-state index contributed by atoms with van der Waals surface area (Å²) in [6, 6.07) is 6.88. The number of urea groups is 1. The van der Waals surface area contributed by atoms with Crippen molar-refractivity contribution < 1.29 is 19.1 Å². The fraction of sp³-hybridized carbons (Fsp3) is 0.450. The summed E-state index contributed by atoms with van der Waals surface area (Å²) in [6.45, 7) is 1.88. The van der Waals surface area contributed by atoms with Gasteiger partial charge in [0.25, 0.3) is 0 Å². The predicted octanol–water partition coefficient (Wildman–Crippen LogP) is 1.93. The number of carbonyl (C=O) groups is 3. The van der Waals surface area contributed by atoms with Gasteiger partial charge in [-0.3, -0.25) is 9.69 Å². The monoisotopic (exact) mass is 369 g/mol. The van der Waals surface area contributed by atoms with Gasteiger partial charge in [0.2, 0.25) is 5.91 Å². The van der Waals surface area contributed by atoms with Crippen molar-refractivity contribution in [2.45, 2.75) is 44.7 Å². The van der Waals surface area contributed by atoms with Gasteiger partial charge in [0, 0.05) is 6.04 Å². The highest BCUT2D eigenvalue weighted by atomic mass is 16.5. The average Bonchev–Trinajstić information content (AvgIpc) is 3.28. The quantitative estimate of drug-likeness (QED) is 0.794. The number of ether oxygens (including phenoxy) is 1. The summed E-state index contributed by atoms with van der Waals surface area (Å²) in [7, 11) is 0. The smallest absolute Gasteiger partial charge is 0.338 e. The molecule has 3 aliphatic rings. The topological polar surface area (TPSA) is 87.7 Å². The van der Waals surface area contributed by atoms with Gasteiger partial charge in [-0.05, 0) is 25.3 Å². The number of esters is 1. The van der Waals surface area contributed by atoms with Crippen molar-refractivity contribution in [3.05, 3.63) is 46.7 Å². The van der Waals surface area contributed by atoms with Crippen LogP contribution in [0.4, 0.5) is 4.79 Å². The molecule has 0 spiro atoms. The highest BCUT2D eigenvalue weighted by Gasteiger charge is 2.42. The highest BCUT2D eigenvalue weighted by Crippen LogP contribution is 2.35. The van der Waals surface area contributed by atoms with E-state index < -0.39 is 12.0 Å². The summed E-state index contributed by atoms with van der Waals surface area (Å²) in [5, 5.41) is 5.83. The highest BCUT2D eigenvalue weighted by molar-refractivity contribution is 5.98. The minimum absolute atomic E-state index is 0.0145. The zero-order valence-corrected chi connectivity index (χ0v) is 15.3. The zero-order chi connectivity index (χ0) is 19.0. The third-order valence-corrected chi connectivity index (χ3v) is 5.43. The fourth-order valence-electron chi connectivity index (χ4n) is 3.97. The average molecular weight is 369 g/mol. The first-order valence-electron chi connectivity index (χ1n) is 9.37.